The molecule has 1 saturated heterocycles. The second-order valence-electron chi connectivity index (χ2n) is 7.45. The molecule has 0 aliphatic carbocycles. The molecule has 2 aromatic rings. The minimum absolute atomic E-state index is 0.208. The third-order valence-corrected chi connectivity index (χ3v) is 5.03. The van der Waals surface area contributed by atoms with Gasteiger partial charge in [0.25, 0.3) is 11.8 Å². The number of carbonyl (C=O) groups excluding carboxylic acids is 3. The Labute approximate surface area is 172 Å². The number of nitrogens with zero attached hydrogens (tertiary/aromatic N) is 4. The molecule has 0 bridgehead atoms. The Kier molecular flexibility index (Phi) is 5.03. The fourth-order valence-corrected chi connectivity index (χ4v) is 3.69. The van der Waals surface area contributed by atoms with E-state index in [9.17, 15) is 18.8 Å². The van der Waals surface area contributed by atoms with Crippen molar-refractivity contribution in [2.24, 2.45) is 10.3 Å². The van der Waals surface area contributed by atoms with Gasteiger partial charge in [0.1, 0.15) is 12.4 Å². The van der Waals surface area contributed by atoms with Crippen LogP contribution in [0.25, 0.3) is 0 Å². The van der Waals surface area contributed by atoms with E-state index >= 15 is 0 Å². The van der Waals surface area contributed by atoms with Crippen LogP contribution in [0.15, 0.2) is 52.8 Å². The number of rotatable bonds is 5. The van der Waals surface area contributed by atoms with Crippen molar-refractivity contribution in [3.63, 3.8) is 0 Å². The largest absolute Gasteiger partial charge is 0.350 e. The van der Waals surface area contributed by atoms with E-state index in [2.05, 4.69) is 15.7 Å². The number of anilines is 1. The highest BCUT2D eigenvalue weighted by Crippen LogP contribution is 2.32. The van der Waals surface area contributed by atoms with Crippen molar-refractivity contribution in [2.45, 2.75) is 32.5 Å². The first kappa shape index (κ1) is 19.7. The van der Waals surface area contributed by atoms with Gasteiger partial charge in [0.05, 0.1) is 5.69 Å². The number of hydrogen-bond donors (Lipinski definition) is 1. The normalized spacial score (nSPS) is 20.1. The summed E-state index contributed by atoms with van der Waals surface area (Å²) in [6.07, 6.45) is 0. The van der Waals surface area contributed by atoms with Gasteiger partial charge >= 0.3 is 0 Å². The predicted molar refractivity (Wildman–Crippen MR) is 106 cm³/mol. The zero-order valence-electron chi connectivity index (χ0n) is 16.5. The lowest BCUT2D eigenvalue weighted by Gasteiger charge is -2.20. The molecule has 2 aromatic carbocycles. The molecule has 2 aliphatic heterocycles. The van der Waals surface area contributed by atoms with Gasteiger partial charge in [-0.1, -0.05) is 23.4 Å². The van der Waals surface area contributed by atoms with Gasteiger partial charge in [-0.25, -0.2) is 9.29 Å². The molecule has 154 valence electrons. The minimum Gasteiger partial charge on any atom is -0.350 e. The van der Waals surface area contributed by atoms with Gasteiger partial charge in [-0.3, -0.25) is 19.4 Å². The van der Waals surface area contributed by atoms with Crippen molar-refractivity contribution in [1.29, 1.82) is 0 Å². The zero-order chi connectivity index (χ0) is 21.4. The van der Waals surface area contributed by atoms with E-state index in [4.69, 9.17) is 0 Å². The first-order chi connectivity index (χ1) is 14.3. The molecule has 30 heavy (non-hydrogen) atoms. The summed E-state index contributed by atoms with van der Waals surface area (Å²) in [5.41, 5.74) is 3.09. The van der Waals surface area contributed by atoms with Gasteiger partial charge in [-0.15, -0.1) is 0 Å². The summed E-state index contributed by atoms with van der Waals surface area (Å²) < 4.78 is 13.0. The van der Waals surface area contributed by atoms with Crippen LogP contribution in [0.5, 0.6) is 0 Å². The van der Waals surface area contributed by atoms with Crippen LogP contribution in [-0.4, -0.2) is 41.4 Å². The third-order valence-electron chi connectivity index (χ3n) is 5.03. The number of hydrogen-bond acceptors (Lipinski definition) is 6. The van der Waals surface area contributed by atoms with Crippen LogP contribution in [0.1, 0.15) is 16.7 Å². The lowest BCUT2D eigenvalue weighted by Crippen LogP contribution is -2.44. The maximum atomic E-state index is 13.0. The summed E-state index contributed by atoms with van der Waals surface area (Å²) in [6.45, 7) is 3.77. The van der Waals surface area contributed by atoms with Crippen molar-refractivity contribution in [3.8, 4) is 0 Å². The highest BCUT2D eigenvalue weighted by molar-refractivity contribution is 6.25. The topological polar surface area (TPSA) is 94.4 Å². The molecule has 0 saturated carbocycles. The standard InChI is InChI=1S/C21H20FN5O3/c1-12-7-13(2)9-16(8-12)27-20(29)18-19(21(27)30)26(25-24-18)11-17(28)23-10-14-3-5-15(22)6-4-14/h3-9,18-19H,10-11H2,1-2H3,(H,23,28)/t18-,19-/m0/s1. The molecular weight excluding hydrogens is 389 g/mol. The zero-order valence-corrected chi connectivity index (χ0v) is 16.5. The first-order valence-corrected chi connectivity index (χ1v) is 9.48. The number of nitrogens with one attached hydrogen (secondary N) is 1. The molecule has 0 unspecified atom stereocenters. The number of halogens is 1. The number of imide groups is 1. The maximum absolute atomic E-state index is 13.0. The third kappa shape index (κ3) is 3.66. The van der Waals surface area contributed by atoms with Crippen molar-refractivity contribution >= 4 is 23.4 Å². The number of carbonyl (C=O) groups is 3. The van der Waals surface area contributed by atoms with Gasteiger partial charge < -0.3 is 5.32 Å². The Bertz CT molecular complexity index is 1030. The number of aryl methyl sites for hydroxylation is 2. The molecule has 2 atom stereocenters. The molecule has 1 fully saturated rings. The van der Waals surface area contributed by atoms with Crippen molar-refractivity contribution < 1.29 is 18.8 Å². The van der Waals surface area contributed by atoms with Crippen molar-refractivity contribution in [1.82, 2.24) is 10.3 Å². The molecular formula is C21H20FN5O3. The van der Waals surface area contributed by atoms with Gasteiger partial charge in [-0.2, -0.15) is 5.11 Å². The molecule has 2 aliphatic rings. The summed E-state index contributed by atoms with van der Waals surface area (Å²) >= 11 is 0. The average Bonchev–Trinajstić information content (AvgIpc) is 3.20. The van der Waals surface area contributed by atoms with E-state index in [0.29, 0.717) is 5.69 Å². The molecule has 8 nitrogen and oxygen atoms in total. The predicted octanol–water partition coefficient (Wildman–Crippen LogP) is 2.05. The molecule has 4 rings (SSSR count). The fraction of sp³-hybridized carbons (Fsp3) is 0.286. The van der Waals surface area contributed by atoms with E-state index in [1.54, 1.807) is 24.3 Å². The Hall–Kier alpha value is -3.62. The quantitative estimate of drug-likeness (QED) is 0.765. The van der Waals surface area contributed by atoms with Crippen molar-refractivity contribution in [3.05, 3.63) is 65.0 Å². The van der Waals surface area contributed by atoms with Crippen LogP contribution < -0.4 is 10.2 Å². The van der Waals surface area contributed by atoms with E-state index in [0.717, 1.165) is 21.6 Å². The van der Waals surface area contributed by atoms with Gasteiger partial charge in [-0.05, 0) is 54.8 Å². The summed E-state index contributed by atoms with van der Waals surface area (Å²) in [5.74, 6) is -1.64. The van der Waals surface area contributed by atoms with Gasteiger partial charge in [0.2, 0.25) is 5.91 Å². The average molecular weight is 409 g/mol. The van der Waals surface area contributed by atoms with Crippen LogP contribution in [0, 0.1) is 19.7 Å². The molecule has 0 radical (unpaired) electrons. The summed E-state index contributed by atoms with van der Waals surface area (Å²) in [6, 6.07) is 9.35. The smallest absolute Gasteiger partial charge is 0.263 e. The number of amides is 3. The van der Waals surface area contributed by atoms with Crippen LogP contribution in [-0.2, 0) is 20.9 Å². The Morgan fingerprint density at radius 1 is 1.07 bits per heavy atom. The molecule has 0 spiro atoms. The monoisotopic (exact) mass is 409 g/mol. The fourth-order valence-electron chi connectivity index (χ4n) is 3.69. The van der Waals surface area contributed by atoms with E-state index < -0.39 is 23.9 Å². The van der Waals surface area contributed by atoms with E-state index in [1.807, 2.05) is 19.9 Å². The van der Waals surface area contributed by atoms with E-state index in [1.165, 1.54) is 17.1 Å². The summed E-state index contributed by atoms with van der Waals surface area (Å²) in [4.78, 5) is 39.2. The SMILES string of the molecule is Cc1cc(C)cc(N2C(=O)[C@H]3N=NN(CC(=O)NCc4ccc(F)cc4)[C@@H]3C2=O)c1. The van der Waals surface area contributed by atoms with Crippen molar-refractivity contribution in [2.75, 3.05) is 11.4 Å². The Morgan fingerprint density at radius 3 is 2.40 bits per heavy atom. The molecule has 9 heteroatoms. The van der Waals surface area contributed by atoms with E-state index in [-0.39, 0.29) is 24.8 Å². The second-order valence-corrected chi connectivity index (χ2v) is 7.45. The van der Waals surface area contributed by atoms with Crippen LogP contribution >= 0.6 is 0 Å². The van der Waals surface area contributed by atoms with Gasteiger partial charge in [0, 0.05) is 6.54 Å². The van der Waals surface area contributed by atoms with Crippen LogP contribution in [0.4, 0.5) is 10.1 Å². The highest BCUT2D eigenvalue weighted by Gasteiger charge is 2.55. The second kappa shape index (κ2) is 7.66. The van der Waals surface area contributed by atoms with Crippen LogP contribution in [0.2, 0.25) is 0 Å². The molecule has 1 N–H and O–H groups in total. The lowest BCUT2D eigenvalue weighted by atomic mass is 10.1. The minimum atomic E-state index is -0.955. The summed E-state index contributed by atoms with van der Waals surface area (Å²) in [7, 11) is 0. The number of benzene rings is 2. The maximum Gasteiger partial charge on any atom is 0.263 e. The molecule has 3 amide bonds. The molecule has 0 aromatic heterocycles. The Morgan fingerprint density at radius 2 is 1.73 bits per heavy atom. The van der Waals surface area contributed by atoms with Gasteiger partial charge in [0.15, 0.2) is 12.1 Å². The Balaban J connectivity index is 1.44. The molecule has 2 heterocycles. The summed E-state index contributed by atoms with van der Waals surface area (Å²) in [5, 5.41) is 11.7. The number of fused-ring (bicyclic) bond motifs is 1. The lowest BCUT2D eigenvalue weighted by molar-refractivity contribution is -0.125. The van der Waals surface area contributed by atoms with Crippen LogP contribution in [0.3, 0.4) is 0 Å². The first-order valence-electron chi connectivity index (χ1n) is 9.48. The highest BCUT2D eigenvalue weighted by atomic mass is 19.1.